The highest BCUT2D eigenvalue weighted by Gasteiger charge is 2.30. The molecule has 1 aromatic heterocycles. The van der Waals surface area contributed by atoms with Crippen LogP contribution in [0.15, 0.2) is 85.1 Å². The van der Waals surface area contributed by atoms with Crippen LogP contribution < -0.4 is 4.90 Å². The molecule has 0 spiro atoms. The average Bonchev–Trinajstić information content (AvgIpc) is 2.84. The summed E-state index contributed by atoms with van der Waals surface area (Å²) in [5, 5.41) is 0. The van der Waals surface area contributed by atoms with E-state index in [0.717, 1.165) is 44.2 Å². The number of anilines is 1. The molecule has 154 valence electrons. The van der Waals surface area contributed by atoms with Gasteiger partial charge >= 0.3 is 0 Å². The highest BCUT2D eigenvalue weighted by molar-refractivity contribution is 6.02. The Bertz CT molecular complexity index is 913. The van der Waals surface area contributed by atoms with Crippen molar-refractivity contribution >= 4 is 11.6 Å². The lowest BCUT2D eigenvalue weighted by molar-refractivity contribution is 0.0389. The minimum atomic E-state index is -0.440. The number of hydrogen-bond donors (Lipinski definition) is 0. The number of rotatable bonds is 8. The summed E-state index contributed by atoms with van der Waals surface area (Å²) in [6, 6.07) is 24.9. The zero-order chi connectivity index (χ0) is 20.6. The van der Waals surface area contributed by atoms with Gasteiger partial charge < -0.3 is 9.64 Å². The van der Waals surface area contributed by atoms with Crippen LogP contribution in [0.4, 0.5) is 5.82 Å². The molecule has 30 heavy (non-hydrogen) atoms. The van der Waals surface area contributed by atoms with Crippen LogP contribution in [0.5, 0.6) is 0 Å². The van der Waals surface area contributed by atoms with Gasteiger partial charge in [-0.1, -0.05) is 66.7 Å². The molecule has 1 fully saturated rings. The molecule has 3 aromatic rings. The lowest BCUT2D eigenvalue weighted by Crippen LogP contribution is -2.44. The van der Waals surface area contributed by atoms with E-state index in [1.165, 1.54) is 0 Å². The third-order valence-corrected chi connectivity index (χ3v) is 5.44. The number of ether oxygens (including phenoxy) is 1. The van der Waals surface area contributed by atoms with E-state index in [4.69, 9.17) is 4.74 Å². The molecule has 4 rings (SSSR count). The summed E-state index contributed by atoms with van der Waals surface area (Å²) >= 11 is 0. The molecule has 2 aromatic carbocycles. The van der Waals surface area contributed by atoms with Crippen molar-refractivity contribution in [2.45, 2.75) is 6.04 Å². The molecule has 0 N–H and O–H groups in total. The molecule has 0 saturated carbocycles. The molecule has 1 aliphatic rings. The van der Waals surface area contributed by atoms with Crippen molar-refractivity contribution in [3.8, 4) is 0 Å². The summed E-state index contributed by atoms with van der Waals surface area (Å²) in [4.78, 5) is 22.8. The predicted molar refractivity (Wildman–Crippen MR) is 119 cm³/mol. The van der Waals surface area contributed by atoms with E-state index in [2.05, 4.69) is 14.8 Å². The number of ketones is 1. The van der Waals surface area contributed by atoms with Gasteiger partial charge in [-0.05, 0) is 17.7 Å². The van der Waals surface area contributed by atoms with Crippen LogP contribution in [-0.2, 0) is 4.74 Å². The summed E-state index contributed by atoms with van der Waals surface area (Å²) in [7, 11) is 0. The van der Waals surface area contributed by atoms with E-state index in [1.807, 2.05) is 78.9 Å². The van der Waals surface area contributed by atoms with Crippen LogP contribution in [0.3, 0.4) is 0 Å². The van der Waals surface area contributed by atoms with E-state index in [9.17, 15) is 4.79 Å². The van der Waals surface area contributed by atoms with Gasteiger partial charge in [-0.15, -0.1) is 0 Å². The highest BCUT2D eigenvalue weighted by Crippen LogP contribution is 2.29. The van der Waals surface area contributed by atoms with Crippen LogP contribution in [-0.4, -0.2) is 55.1 Å². The van der Waals surface area contributed by atoms with Crippen molar-refractivity contribution in [1.82, 2.24) is 9.88 Å². The number of aromatic nitrogens is 1. The third kappa shape index (κ3) is 4.93. The van der Waals surface area contributed by atoms with Crippen LogP contribution in [0.1, 0.15) is 22.0 Å². The molecule has 0 radical (unpaired) electrons. The SMILES string of the molecule is O=C(c1ccccc1)C(c1ccccc1)N(CCN1CCOCC1)c1ccccn1. The zero-order valence-corrected chi connectivity index (χ0v) is 17.1. The second-order valence-electron chi connectivity index (χ2n) is 7.38. The molecule has 1 unspecified atom stereocenters. The van der Waals surface area contributed by atoms with Gasteiger partial charge in [0.25, 0.3) is 0 Å². The monoisotopic (exact) mass is 401 g/mol. The number of nitrogens with zero attached hydrogens (tertiary/aromatic N) is 3. The lowest BCUT2D eigenvalue weighted by atomic mass is 9.95. The topological polar surface area (TPSA) is 45.7 Å². The Morgan fingerprint density at radius 1 is 0.933 bits per heavy atom. The van der Waals surface area contributed by atoms with Gasteiger partial charge in [0, 0.05) is 37.9 Å². The molecule has 2 heterocycles. The summed E-state index contributed by atoms with van der Waals surface area (Å²) in [5.74, 6) is 0.887. The normalized spacial score (nSPS) is 15.5. The number of morpholine rings is 1. The van der Waals surface area contributed by atoms with Gasteiger partial charge in [0.2, 0.25) is 0 Å². The minimum absolute atomic E-state index is 0.0782. The molecule has 0 aliphatic carbocycles. The maximum atomic E-state index is 13.7. The first kappa shape index (κ1) is 20.3. The summed E-state index contributed by atoms with van der Waals surface area (Å²) in [6.45, 7) is 4.90. The molecule has 1 aliphatic heterocycles. The number of hydrogen-bond acceptors (Lipinski definition) is 5. The van der Waals surface area contributed by atoms with E-state index >= 15 is 0 Å². The van der Waals surface area contributed by atoms with E-state index in [0.29, 0.717) is 12.1 Å². The van der Waals surface area contributed by atoms with E-state index in [1.54, 1.807) is 6.20 Å². The van der Waals surface area contributed by atoms with Crippen LogP contribution >= 0.6 is 0 Å². The molecule has 5 heteroatoms. The number of carbonyl (C=O) groups excluding carboxylic acids is 1. The Balaban J connectivity index is 1.69. The van der Waals surface area contributed by atoms with E-state index in [-0.39, 0.29) is 5.78 Å². The Hall–Kier alpha value is -3.02. The van der Waals surface area contributed by atoms with Gasteiger partial charge in [-0.3, -0.25) is 9.69 Å². The Labute approximate surface area is 177 Å². The number of carbonyl (C=O) groups is 1. The smallest absolute Gasteiger partial charge is 0.189 e. The van der Waals surface area contributed by atoms with Gasteiger partial charge in [-0.25, -0.2) is 4.98 Å². The summed E-state index contributed by atoms with van der Waals surface area (Å²) < 4.78 is 5.48. The summed E-state index contributed by atoms with van der Waals surface area (Å²) in [6.07, 6.45) is 1.78. The molecule has 1 atom stereocenters. The fraction of sp³-hybridized carbons (Fsp3) is 0.280. The highest BCUT2D eigenvalue weighted by atomic mass is 16.5. The molecule has 5 nitrogen and oxygen atoms in total. The molecular weight excluding hydrogens is 374 g/mol. The van der Waals surface area contributed by atoms with Crippen molar-refractivity contribution in [3.63, 3.8) is 0 Å². The fourth-order valence-electron chi connectivity index (χ4n) is 3.84. The van der Waals surface area contributed by atoms with Crippen molar-refractivity contribution in [1.29, 1.82) is 0 Å². The first-order chi connectivity index (χ1) is 14.8. The number of benzene rings is 2. The van der Waals surface area contributed by atoms with Gasteiger partial charge in [0.1, 0.15) is 11.9 Å². The second-order valence-corrected chi connectivity index (χ2v) is 7.38. The second kappa shape index (κ2) is 10.1. The Morgan fingerprint density at radius 3 is 2.27 bits per heavy atom. The first-order valence-corrected chi connectivity index (χ1v) is 10.4. The third-order valence-electron chi connectivity index (χ3n) is 5.44. The van der Waals surface area contributed by atoms with Crippen molar-refractivity contribution < 1.29 is 9.53 Å². The van der Waals surface area contributed by atoms with Gasteiger partial charge in [-0.2, -0.15) is 0 Å². The quantitative estimate of drug-likeness (QED) is 0.537. The van der Waals surface area contributed by atoms with Crippen LogP contribution in [0.2, 0.25) is 0 Å². The van der Waals surface area contributed by atoms with Crippen molar-refractivity contribution in [2.24, 2.45) is 0 Å². The van der Waals surface area contributed by atoms with Gasteiger partial charge in [0.05, 0.1) is 13.2 Å². The predicted octanol–water partition coefficient (Wildman–Crippen LogP) is 3.84. The van der Waals surface area contributed by atoms with Crippen LogP contribution in [0, 0.1) is 0 Å². The number of pyridine rings is 1. The molecule has 0 bridgehead atoms. The van der Waals surface area contributed by atoms with Gasteiger partial charge in [0.15, 0.2) is 5.78 Å². The van der Waals surface area contributed by atoms with Crippen molar-refractivity contribution in [3.05, 3.63) is 96.2 Å². The minimum Gasteiger partial charge on any atom is -0.379 e. The average molecular weight is 402 g/mol. The lowest BCUT2D eigenvalue weighted by Gasteiger charge is -2.35. The van der Waals surface area contributed by atoms with Crippen molar-refractivity contribution in [2.75, 3.05) is 44.3 Å². The Morgan fingerprint density at radius 2 is 1.60 bits per heavy atom. The fourth-order valence-corrected chi connectivity index (χ4v) is 3.84. The van der Waals surface area contributed by atoms with E-state index < -0.39 is 6.04 Å². The standard InChI is InChI=1S/C25H27N3O2/c29-25(22-11-5-2-6-12-22)24(21-9-3-1-4-10-21)28(23-13-7-8-14-26-23)16-15-27-17-19-30-20-18-27/h1-14,24H,15-20H2. The molecule has 1 saturated heterocycles. The maximum absolute atomic E-state index is 13.7. The number of Topliss-reactive ketones (excluding diaryl/α,β-unsaturated/α-hetero) is 1. The summed E-state index contributed by atoms with van der Waals surface area (Å²) in [5.41, 5.74) is 1.68. The van der Waals surface area contributed by atoms with Crippen LogP contribution in [0.25, 0.3) is 0 Å². The largest absolute Gasteiger partial charge is 0.379 e. The molecular formula is C25H27N3O2. The molecule has 0 amide bonds. The zero-order valence-electron chi connectivity index (χ0n) is 17.1. The Kier molecular flexibility index (Phi) is 6.85. The maximum Gasteiger partial charge on any atom is 0.189 e. The first-order valence-electron chi connectivity index (χ1n) is 10.4.